The maximum atomic E-state index is 13.2. The van der Waals surface area contributed by atoms with Gasteiger partial charge in [0.05, 0.1) is 18.2 Å². The van der Waals surface area contributed by atoms with Crippen molar-refractivity contribution >= 4 is 39.1 Å². The smallest absolute Gasteiger partial charge is 0.252 e. The molecule has 1 aliphatic heterocycles. The first kappa shape index (κ1) is 22.6. The summed E-state index contributed by atoms with van der Waals surface area (Å²) in [4.78, 5) is 29.3. The quantitative estimate of drug-likeness (QED) is 0.590. The van der Waals surface area contributed by atoms with Crippen molar-refractivity contribution in [2.75, 3.05) is 20.3 Å². The molecule has 0 aliphatic carbocycles. The summed E-state index contributed by atoms with van der Waals surface area (Å²) in [6.07, 6.45) is 2.26. The maximum Gasteiger partial charge on any atom is 0.252 e. The van der Waals surface area contributed by atoms with Gasteiger partial charge in [0.25, 0.3) is 5.91 Å². The van der Waals surface area contributed by atoms with E-state index in [1.807, 2.05) is 18.7 Å². The molecular formula is C22H27BrN2O4S. The fourth-order valence-electron chi connectivity index (χ4n) is 3.58. The highest BCUT2D eigenvalue weighted by Gasteiger charge is 2.29. The first-order chi connectivity index (χ1) is 14.5. The normalized spacial score (nSPS) is 14.1. The second-order valence-corrected chi connectivity index (χ2v) is 8.97. The summed E-state index contributed by atoms with van der Waals surface area (Å²) in [6, 6.07) is 4.85. The molecule has 6 nitrogen and oxygen atoms in total. The van der Waals surface area contributed by atoms with Crippen LogP contribution in [0.15, 0.2) is 28.1 Å². The molecular weight excluding hydrogens is 468 g/mol. The average molecular weight is 495 g/mol. The van der Waals surface area contributed by atoms with Gasteiger partial charge >= 0.3 is 0 Å². The van der Waals surface area contributed by atoms with Gasteiger partial charge in [-0.25, -0.2) is 0 Å². The number of benzene rings is 1. The zero-order chi connectivity index (χ0) is 21.7. The Kier molecular flexibility index (Phi) is 7.77. The molecule has 30 heavy (non-hydrogen) atoms. The summed E-state index contributed by atoms with van der Waals surface area (Å²) in [5.74, 6) is 0.685. The molecule has 1 aliphatic rings. The van der Waals surface area contributed by atoms with Crippen LogP contribution in [-0.4, -0.2) is 43.0 Å². The Labute approximate surface area is 189 Å². The Morgan fingerprint density at radius 1 is 1.33 bits per heavy atom. The number of carbonyl (C=O) groups is 2. The highest BCUT2D eigenvalue weighted by molar-refractivity contribution is 9.10. The molecule has 0 radical (unpaired) electrons. The van der Waals surface area contributed by atoms with Gasteiger partial charge in [-0.05, 0) is 64.8 Å². The number of fused-ring (bicyclic) bond motifs is 1. The van der Waals surface area contributed by atoms with Crippen LogP contribution in [0.25, 0.3) is 0 Å². The standard InChI is InChI=1S/C22H27BrN2O4S/c1-4-6-17(22(27)25-9-7-19-14(13-25)8-10-30-19)24-21(26)15-11-16(23)20(29-5-2)18(12-15)28-3/h8,10-12,17H,4-7,9,13H2,1-3H3,(H,24,26). The summed E-state index contributed by atoms with van der Waals surface area (Å²) in [5, 5.41) is 5.00. The van der Waals surface area contributed by atoms with Gasteiger partial charge in [-0.1, -0.05) is 13.3 Å². The first-order valence-corrected chi connectivity index (χ1v) is 11.8. The van der Waals surface area contributed by atoms with Crippen LogP contribution in [0.5, 0.6) is 11.5 Å². The molecule has 0 bridgehead atoms. The van der Waals surface area contributed by atoms with E-state index < -0.39 is 6.04 Å². The predicted octanol–water partition coefficient (Wildman–Crippen LogP) is 4.40. The van der Waals surface area contributed by atoms with Crippen molar-refractivity contribution in [1.82, 2.24) is 10.2 Å². The van der Waals surface area contributed by atoms with Crippen LogP contribution in [0.4, 0.5) is 0 Å². The molecule has 1 aromatic carbocycles. The minimum absolute atomic E-state index is 0.0287. The van der Waals surface area contributed by atoms with Crippen LogP contribution >= 0.6 is 27.3 Å². The van der Waals surface area contributed by atoms with Crippen LogP contribution < -0.4 is 14.8 Å². The van der Waals surface area contributed by atoms with Crippen molar-refractivity contribution in [3.05, 3.63) is 44.1 Å². The van der Waals surface area contributed by atoms with Crippen molar-refractivity contribution in [2.45, 2.75) is 45.7 Å². The lowest BCUT2D eigenvalue weighted by molar-refractivity contribution is -0.134. The number of nitrogens with one attached hydrogen (secondary N) is 1. The molecule has 3 rings (SSSR count). The Bertz CT molecular complexity index is 915. The van der Waals surface area contributed by atoms with Crippen molar-refractivity contribution in [3.63, 3.8) is 0 Å². The Morgan fingerprint density at radius 2 is 2.13 bits per heavy atom. The van der Waals surface area contributed by atoms with Crippen molar-refractivity contribution in [2.24, 2.45) is 0 Å². The van der Waals surface area contributed by atoms with E-state index in [0.29, 0.717) is 47.7 Å². The van der Waals surface area contributed by atoms with E-state index in [0.717, 1.165) is 12.8 Å². The van der Waals surface area contributed by atoms with Crippen molar-refractivity contribution in [3.8, 4) is 11.5 Å². The van der Waals surface area contributed by atoms with E-state index in [2.05, 4.69) is 32.7 Å². The summed E-state index contributed by atoms with van der Waals surface area (Å²) >= 11 is 5.19. The summed E-state index contributed by atoms with van der Waals surface area (Å²) in [5.41, 5.74) is 1.62. The van der Waals surface area contributed by atoms with Gasteiger partial charge in [-0.3, -0.25) is 9.59 Å². The van der Waals surface area contributed by atoms with Gasteiger partial charge in [0, 0.05) is 23.5 Å². The molecule has 0 saturated carbocycles. The lowest BCUT2D eigenvalue weighted by Crippen LogP contribution is -2.49. The van der Waals surface area contributed by atoms with E-state index in [1.54, 1.807) is 23.5 Å². The SMILES string of the molecule is CCCC(NC(=O)c1cc(Br)c(OCC)c(OC)c1)C(=O)N1CCc2sccc2C1. The molecule has 0 fully saturated rings. The number of ether oxygens (including phenoxy) is 2. The van der Waals surface area contributed by atoms with Gasteiger partial charge in [-0.2, -0.15) is 0 Å². The number of rotatable bonds is 8. The van der Waals surface area contributed by atoms with Crippen molar-refractivity contribution < 1.29 is 19.1 Å². The fourth-order valence-corrected chi connectivity index (χ4v) is 5.03. The number of hydrogen-bond acceptors (Lipinski definition) is 5. The molecule has 2 aromatic rings. The number of amides is 2. The number of nitrogens with zero attached hydrogens (tertiary/aromatic N) is 1. The molecule has 1 atom stereocenters. The molecule has 1 unspecified atom stereocenters. The minimum atomic E-state index is -0.556. The summed E-state index contributed by atoms with van der Waals surface area (Å²) in [7, 11) is 1.53. The maximum absolute atomic E-state index is 13.2. The molecule has 162 valence electrons. The molecule has 1 N–H and O–H groups in total. The molecule has 1 aromatic heterocycles. The second-order valence-electron chi connectivity index (χ2n) is 7.12. The van der Waals surface area contributed by atoms with Crippen LogP contribution in [-0.2, 0) is 17.8 Å². The van der Waals surface area contributed by atoms with Gasteiger partial charge in [-0.15, -0.1) is 11.3 Å². The van der Waals surface area contributed by atoms with E-state index >= 15 is 0 Å². The number of halogens is 1. The lowest BCUT2D eigenvalue weighted by Gasteiger charge is -2.31. The largest absolute Gasteiger partial charge is 0.493 e. The zero-order valence-electron chi connectivity index (χ0n) is 17.5. The van der Waals surface area contributed by atoms with Gasteiger partial charge in [0.2, 0.25) is 5.91 Å². The molecule has 8 heteroatoms. The third kappa shape index (κ3) is 4.98. The number of methoxy groups -OCH3 is 1. The Balaban J connectivity index is 1.75. The number of hydrogen-bond donors (Lipinski definition) is 1. The van der Waals surface area contributed by atoms with Crippen LogP contribution in [0.3, 0.4) is 0 Å². The van der Waals surface area contributed by atoms with Gasteiger partial charge in [0.15, 0.2) is 11.5 Å². The first-order valence-electron chi connectivity index (χ1n) is 10.1. The monoisotopic (exact) mass is 494 g/mol. The molecule has 0 spiro atoms. The van der Waals surface area contributed by atoms with Crippen LogP contribution in [0.1, 0.15) is 47.5 Å². The second kappa shape index (κ2) is 10.3. The number of thiophene rings is 1. The van der Waals surface area contributed by atoms with E-state index in [9.17, 15) is 9.59 Å². The number of carbonyl (C=O) groups excluding carboxylic acids is 2. The molecule has 0 saturated heterocycles. The third-order valence-corrected chi connectivity index (χ3v) is 6.69. The molecule has 2 heterocycles. The highest BCUT2D eigenvalue weighted by Crippen LogP contribution is 2.36. The van der Waals surface area contributed by atoms with Gasteiger partial charge in [0.1, 0.15) is 6.04 Å². The van der Waals surface area contributed by atoms with E-state index in [1.165, 1.54) is 17.6 Å². The minimum Gasteiger partial charge on any atom is -0.493 e. The van der Waals surface area contributed by atoms with Gasteiger partial charge < -0.3 is 19.7 Å². The van der Waals surface area contributed by atoms with Crippen LogP contribution in [0, 0.1) is 0 Å². The molecule has 2 amide bonds. The summed E-state index contributed by atoms with van der Waals surface area (Å²) in [6.45, 7) is 5.67. The van der Waals surface area contributed by atoms with E-state index in [4.69, 9.17) is 9.47 Å². The van der Waals surface area contributed by atoms with Crippen molar-refractivity contribution in [1.29, 1.82) is 0 Å². The Hall–Kier alpha value is -2.06. The Morgan fingerprint density at radius 3 is 2.83 bits per heavy atom. The topological polar surface area (TPSA) is 67.9 Å². The van der Waals surface area contributed by atoms with Crippen LogP contribution in [0.2, 0.25) is 0 Å². The highest BCUT2D eigenvalue weighted by atomic mass is 79.9. The third-order valence-electron chi connectivity index (χ3n) is 5.08. The average Bonchev–Trinajstić information content (AvgIpc) is 3.22. The lowest BCUT2D eigenvalue weighted by atomic mass is 10.1. The fraction of sp³-hybridized carbons (Fsp3) is 0.455. The van der Waals surface area contributed by atoms with E-state index in [-0.39, 0.29) is 11.8 Å². The predicted molar refractivity (Wildman–Crippen MR) is 121 cm³/mol. The summed E-state index contributed by atoms with van der Waals surface area (Å²) < 4.78 is 11.6. The zero-order valence-corrected chi connectivity index (χ0v) is 19.9.